The Morgan fingerprint density at radius 3 is 2.25 bits per heavy atom. The second-order valence-corrected chi connectivity index (χ2v) is 6.85. The van der Waals surface area contributed by atoms with Crippen molar-refractivity contribution in [2.45, 2.75) is 13.2 Å². The zero-order chi connectivity index (χ0) is 20.1. The van der Waals surface area contributed by atoms with E-state index >= 15 is 0 Å². The average Bonchev–Trinajstić information content (AvgIpc) is 2.72. The number of hydrogen-bond donors (Lipinski definition) is 1. The molecule has 3 aromatic rings. The van der Waals surface area contributed by atoms with Gasteiger partial charge in [0.2, 0.25) is 0 Å². The molecule has 28 heavy (non-hydrogen) atoms. The van der Waals surface area contributed by atoms with E-state index in [9.17, 15) is 9.90 Å². The highest BCUT2D eigenvalue weighted by Gasteiger charge is 2.13. The lowest BCUT2D eigenvalue weighted by molar-refractivity contribution is 0.282. The van der Waals surface area contributed by atoms with Gasteiger partial charge in [0.25, 0.3) is 5.56 Å². The molecule has 6 nitrogen and oxygen atoms in total. The highest BCUT2D eigenvalue weighted by Crippen LogP contribution is 2.30. The van der Waals surface area contributed by atoms with Crippen LogP contribution in [0.15, 0.2) is 59.4 Å². The van der Waals surface area contributed by atoms with Crippen LogP contribution in [0.25, 0.3) is 22.4 Å². The molecule has 1 aromatic heterocycles. The Balaban J connectivity index is 2.12. The average molecular weight is 379 g/mol. The molecule has 0 aliphatic heterocycles. The minimum atomic E-state index is -0.139. The van der Waals surface area contributed by atoms with Crippen LogP contribution in [0.2, 0.25) is 0 Å². The van der Waals surface area contributed by atoms with E-state index in [1.165, 1.54) is 4.68 Å². The molecule has 3 rings (SSSR count). The number of ether oxygens (including phenoxy) is 1. The van der Waals surface area contributed by atoms with Gasteiger partial charge in [-0.05, 0) is 49.5 Å². The first kappa shape index (κ1) is 19.8. The number of likely N-dealkylation sites (N-methyl/N-ethyl adjacent to an activating group) is 1. The zero-order valence-corrected chi connectivity index (χ0v) is 16.4. The second-order valence-electron chi connectivity index (χ2n) is 6.85. The molecule has 1 N–H and O–H groups in total. The molecule has 0 saturated carbocycles. The van der Waals surface area contributed by atoms with Crippen molar-refractivity contribution in [1.29, 1.82) is 0 Å². The summed E-state index contributed by atoms with van der Waals surface area (Å²) >= 11 is 0. The molecular formula is C22H25N3O3. The maximum Gasteiger partial charge on any atom is 0.267 e. The Kier molecular flexibility index (Phi) is 6.23. The highest BCUT2D eigenvalue weighted by molar-refractivity contribution is 5.80. The fourth-order valence-corrected chi connectivity index (χ4v) is 2.92. The van der Waals surface area contributed by atoms with Crippen molar-refractivity contribution >= 4 is 0 Å². The van der Waals surface area contributed by atoms with Gasteiger partial charge in [-0.25, -0.2) is 4.68 Å². The largest absolute Gasteiger partial charge is 0.497 e. The number of rotatable bonds is 7. The zero-order valence-electron chi connectivity index (χ0n) is 16.4. The summed E-state index contributed by atoms with van der Waals surface area (Å²) < 4.78 is 6.75. The van der Waals surface area contributed by atoms with Gasteiger partial charge in [-0.3, -0.25) is 4.79 Å². The van der Waals surface area contributed by atoms with Crippen LogP contribution in [0.5, 0.6) is 5.75 Å². The van der Waals surface area contributed by atoms with Gasteiger partial charge in [-0.15, -0.1) is 0 Å². The fraction of sp³-hybridized carbons (Fsp3) is 0.273. The summed E-state index contributed by atoms with van der Waals surface area (Å²) in [7, 11) is 5.56. The van der Waals surface area contributed by atoms with Gasteiger partial charge < -0.3 is 14.7 Å². The molecule has 0 fully saturated rings. The Bertz CT molecular complexity index is 977. The highest BCUT2D eigenvalue weighted by atomic mass is 16.5. The third kappa shape index (κ3) is 4.47. The Morgan fingerprint density at radius 2 is 1.68 bits per heavy atom. The summed E-state index contributed by atoms with van der Waals surface area (Å²) in [5.41, 5.74) is 3.97. The molecule has 0 bridgehead atoms. The lowest BCUT2D eigenvalue weighted by Gasteiger charge is -2.15. The Labute approximate surface area is 164 Å². The van der Waals surface area contributed by atoms with Gasteiger partial charge in [0, 0.05) is 23.7 Å². The minimum absolute atomic E-state index is 0.0179. The Morgan fingerprint density at radius 1 is 1.04 bits per heavy atom. The van der Waals surface area contributed by atoms with E-state index in [0.29, 0.717) is 6.54 Å². The molecule has 2 aromatic carbocycles. The van der Waals surface area contributed by atoms with Crippen molar-refractivity contribution in [2.75, 3.05) is 27.7 Å². The Hall–Kier alpha value is -2.96. The van der Waals surface area contributed by atoms with Crippen molar-refractivity contribution < 1.29 is 9.84 Å². The van der Waals surface area contributed by atoms with Gasteiger partial charge in [0.15, 0.2) is 0 Å². The van der Waals surface area contributed by atoms with Crippen LogP contribution >= 0.6 is 0 Å². The fourth-order valence-electron chi connectivity index (χ4n) is 2.92. The summed E-state index contributed by atoms with van der Waals surface area (Å²) in [6.07, 6.45) is 0. The van der Waals surface area contributed by atoms with E-state index in [-0.39, 0.29) is 12.2 Å². The van der Waals surface area contributed by atoms with Crippen LogP contribution in [-0.2, 0) is 13.2 Å². The monoisotopic (exact) mass is 379 g/mol. The molecule has 0 aliphatic rings. The van der Waals surface area contributed by atoms with E-state index in [1.54, 1.807) is 13.2 Å². The predicted octanol–water partition coefficient (Wildman–Crippen LogP) is 2.64. The molecule has 146 valence electrons. The van der Waals surface area contributed by atoms with Gasteiger partial charge in [0.05, 0.1) is 26.0 Å². The first-order chi connectivity index (χ1) is 13.5. The molecule has 0 unspecified atom stereocenters. The van der Waals surface area contributed by atoms with Crippen LogP contribution in [0.4, 0.5) is 0 Å². The number of hydrogen-bond acceptors (Lipinski definition) is 5. The third-order valence-electron chi connectivity index (χ3n) is 4.57. The molecule has 0 radical (unpaired) electrons. The topological polar surface area (TPSA) is 67.6 Å². The number of nitrogens with zero attached hydrogens (tertiary/aromatic N) is 3. The normalized spacial score (nSPS) is 11.0. The lowest BCUT2D eigenvalue weighted by Crippen LogP contribution is -2.28. The summed E-state index contributed by atoms with van der Waals surface area (Å²) in [6, 6.07) is 16.8. The van der Waals surface area contributed by atoms with Crippen molar-refractivity contribution in [3.63, 3.8) is 0 Å². The van der Waals surface area contributed by atoms with Crippen LogP contribution in [0.1, 0.15) is 5.56 Å². The number of aliphatic hydroxyl groups is 1. The second kappa shape index (κ2) is 8.82. The van der Waals surface area contributed by atoms with Gasteiger partial charge >= 0.3 is 0 Å². The number of aliphatic hydroxyl groups excluding tert-OH is 1. The maximum atomic E-state index is 12.7. The molecule has 0 aliphatic carbocycles. The van der Waals surface area contributed by atoms with E-state index < -0.39 is 0 Å². The summed E-state index contributed by atoms with van der Waals surface area (Å²) in [6.45, 7) is 1.22. The van der Waals surface area contributed by atoms with Gasteiger partial charge in [-0.1, -0.05) is 24.3 Å². The van der Waals surface area contributed by atoms with Crippen molar-refractivity contribution in [2.24, 2.45) is 0 Å². The van der Waals surface area contributed by atoms with Crippen LogP contribution in [0, 0.1) is 0 Å². The standard InChI is InChI=1S/C22H25N3O3/c1-24(2)12-13-25-21(27)14-20(17-6-4-16(15-26)5-7-17)22(23-25)18-8-10-19(28-3)11-9-18/h4-11,14,26H,12-13,15H2,1-3H3. The first-order valence-electron chi connectivity index (χ1n) is 9.13. The molecule has 0 atom stereocenters. The SMILES string of the molecule is COc1ccc(-c2nn(CCN(C)C)c(=O)cc2-c2ccc(CO)cc2)cc1. The number of aromatic nitrogens is 2. The number of benzene rings is 2. The summed E-state index contributed by atoms with van der Waals surface area (Å²) in [5, 5.41) is 14.0. The summed E-state index contributed by atoms with van der Waals surface area (Å²) in [5.74, 6) is 0.763. The van der Waals surface area contributed by atoms with Gasteiger partial charge in [0.1, 0.15) is 5.75 Å². The molecule has 1 heterocycles. The lowest BCUT2D eigenvalue weighted by atomic mass is 9.99. The number of methoxy groups -OCH3 is 1. The van der Waals surface area contributed by atoms with Crippen LogP contribution < -0.4 is 10.3 Å². The van der Waals surface area contributed by atoms with Crippen LogP contribution in [0.3, 0.4) is 0 Å². The molecule has 6 heteroatoms. The quantitative estimate of drug-likeness (QED) is 0.684. The van der Waals surface area contributed by atoms with E-state index in [2.05, 4.69) is 5.10 Å². The van der Waals surface area contributed by atoms with Crippen molar-refractivity contribution in [1.82, 2.24) is 14.7 Å². The molecule has 0 saturated heterocycles. The van der Waals surface area contributed by atoms with Gasteiger partial charge in [-0.2, -0.15) is 5.10 Å². The molecule has 0 amide bonds. The predicted molar refractivity (Wildman–Crippen MR) is 110 cm³/mol. The molecule has 0 spiro atoms. The first-order valence-corrected chi connectivity index (χ1v) is 9.13. The van der Waals surface area contributed by atoms with Crippen molar-refractivity contribution in [3.8, 4) is 28.1 Å². The van der Waals surface area contributed by atoms with E-state index in [0.717, 1.165) is 40.2 Å². The minimum Gasteiger partial charge on any atom is -0.497 e. The smallest absolute Gasteiger partial charge is 0.267 e. The third-order valence-corrected chi connectivity index (χ3v) is 4.57. The van der Waals surface area contributed by atoms with E-state index in [1.807, 2.05) is 67.5 Å². The van der Waals surface area contributed by atoms with E-state index in [4.69, 9.17) is 4.74 Å². The van der Waals surface area contributed by atoms with Crippen molar-refractivity contribution in [3.05, 3.63) is 70.5 Å². The molecular weight excluding hydrogens is 354 g/mol. The maximum absolute atomic E-state index is 12.7. The van der Waals surface area contributed by atoms with Crippen LogP contribution in [-0.4, -0.2) is 47.5 Å². The summed E-state index contributed by atoms with van der Waals surface area (Å²) in [4.78, 5) is 14.7.